The van der Waals surface area contributed by atoms with Gasteiger partial charge in [0.05, 0.1) is 17.4 Å². The molecule has 1 aromatic heterocycles. The zero-order valence-electron chi connectivity index (χ0n) is 7.51. The van der Waals surface area contributed by atoms with Crippen molar-refractivity contribution in [3.63, 3.8) is 0 Å². The molecule has 0 amide bonds. The Morgan fingerprint density at radius 3 is 2.50 bits per heavy atom. The van der Waals surface area contributed by atoms with Gasteiger partial charge in [-0.1, -0.05) is 0 Å². The second-order valence-electron chi connectivity index (χ2n) is 2.60. The van der Waals surface area contributed by atoms with Crippen molar-refractivity contribution in [1.29, 1.82) is 0 Å². The van der Waals surface area contributed by atoms with Crippen molar-refractivity contribution in [1.82, 2.24) is 9.55 Å². The van der Waals surface area contributed by atoms with Crippen molar-refractivity contribution < 1.29 is 0 Å². The van der Waals surface area contributed by atoms with Crippen LogP contribution in [0.1, 0.15) is 0 Å². The number of nitrogen functional groups attached to an aromatic ring is 1. The van der Waals surface area contributed by atoms with E-state index < -0.39 is 0 Å². The summed E-state index contributed by atoms with van der Waals surface area (Å²) in [6.45, 7) is 0. The molecule has 14 heavy (non-hydrogen) atoms. The molecule has 0 unspecified atom stereocenters. The fourth-order valence-electron chi connectivity index (χ4n) is 1.15. The third-order valence-electron chi connectivity index (χ3n) is 1.75. The maximum Gasteiger partial charge on any atom is 0.0955 e. The molecular formula is C8H12Cl3N3. The molecule has 0 saturated carbocycles. The van der Waals surface area contributed by atoms with E-state index in [2.05, 4.69) is 4.98 Å². The Hall–Kier alpha value is -0.640. The van der Waals surface area contributed by atoms with Gasteiger partial charge in [-0.25, -0.2) is 4.98 Å². The number of hydrogen-bond donors (Lipinski definition) is 1. The number of halogens is 3. The van der Waals surface area contributed by atoms with Crippen molar-refractivity contribution in [2.45, 2.75) is 0 Å². The van der Waals surface area contributed by atoms with Crippen LogP contribution in [0.15, 0.2) is 24.5 Å². The van der Waals surface area contributed by atoms with Gasteiger partial charge in [0, 0.05) is 12.7 Å². The van der Waals surface area contributed by atoms with E-state index in [1.807, 2.05) is 29.8 Å². The fourth-order valence-corrected chi connectivity index (χ4v) is 1.15. The molecule has 2 aromatic rings. The normalized spacial score (nSPS) is 8.36. The van der Waals surface area contributed by atoms with Crippen molar-refractivity contribution in [3.05, 3.63) is 24.5 Å². The smallest absolute Gasteiger partial charge is 0.0955 e. The lowest BCUT2D eigenvalue weighted by molar-refractivity contribution is 0.948. The molecule has 80 valence electrons. The number of fused-ring (bicyclic) bond motifs is 1. The third-order valence-corrected chi connectivity index (χ3v) is 1.75. The van der Waals surface area contributed by atoms with E-state index in [0.717, 1.165) is 16.7 Å². The summed E-state index contributed by atoms with van der Waals surface area (Å²) in [5.74, 6) is 0. The maximum absolute atomic E-state index is 5.58. The van der Waals surface area contributed by atoms with Crippen LogP contribution < -0.4 is 5.73 Å². The van der Waals surface area contributed by atoms with E-state index in [4.69, 9.17) is 5.73 Å². The number of anilines is 1. The minimum absolute atomic E-state index is 0. The molecule has 1 aromatic carbocycles. The largest absolute Gasteiger partial charge is 0.399 e. The molecule has 0 bridgehead atoms. The zero-order chi connectivity index (χ0) is 7.84. The van der Waals surface area contributed by atoms with Gasteiger partial charge in [-0.3, -0.25) is 0 Å². The van der Waals surface area contributed by atoms with Crippen molar-refractivity contribution >= 4 is 53.9 Å². The second-order valence-corrected chi connectivity index (χ2v) is 2.60. The summed E-state index contributed by atoms with van der Waals surface area (Å²) < 4.78 is 1.97. The molecule has 6 heteroatoms. The second kappa shape index (κ2) is 5.96. The van der Waals surface area contributed by atoms with E-state index in [1.54, 1.807) is 6.33 Å². The van der Waals surface area contributed by atoms with Crippen LogP contribution in [0, 0.1) is 0 Å². The molecule has 0 aliphatic heterocycles. The SMILES string of the molecule is Cl.Cl.Cl.Cn1cnc2cc(N)ccc21. The van der Waals surface area contributed by atoms with Gasteiger partial charge >= 0.3 is 0 Å². The van der Waals surface area contributed by atoms with E-state index in [-0.39, 0.29) is 37.2 Å². The average Bonchev–Trinajstić information content (AvgIpc) is 2.32. The van der Waals surface area contributed by atoms with Crippen LogP contribution in [0.25, 0.3) is 11.0 Å². The Kier molecular flexibility index (Phi) is 6.73. The van der Waals surface area contributed by atoms with Crippen molar-refractivity contribution in [3.8, 4) is 0 Å². The summed E-state index contributed by atoms with van der Waals surface area (Å²) in [5, 5.41) is 0. The molecule has 0 aliphatic carbocycles. The van der Waals surface area contributed by atoms with Crippen LogP contribution in [0.2, 0.25) is 0 Å². The first-order valence-electron chi connectivity index (χ1n) is 3.44. The van der Waals surface area contributed by atoms with Gasteiger partial charge in [0.15, 0.2) is 0 Å². The van der Waals surface area contributed by atoms with Crippen molar-refractivity contribution in [2.75, 3.05) is 5.73 Å². The minimum Gasteiger partial charge on any atom is -0.399 e. The Labute approximate surface area is 101 Å². The van der Waals surface area contributed by atoms with Gasteiger partial charge < -0.3 is 10.3 Å². The minimum atomic E-state index is 0. The lowest BCUT2D eigenvalue weighted by atomic mass is 10.3. The van der Waals surface area contributed by atoms with Crippen LogP contribution in [0.4, 0.5) is 5.69 Å². The predicted molar refractivity (Wildman–Crippen MR) is 66.9 cm³/mol. The first-order valence-corrected chi connectivity index (χ1v) is 3.44. The maximum atomic E-state index is 5.58. The standard InChI is InChI=1S/C8H9N3.3ClH/c1-11-5-10-7-4-6(9)2-3-8(7)11;;;/h2-5H,9H2,1H3;3*1H. The van der Waals surface area contributed by atoms with Crippen LogP contribution in [0.3, 0.4) is 0 Å². The highest BCUT2D eigenvalue weighted by Crippen LogP contribution is 2.14. The van der Waals surface area contributed by atoms with Gasteiger partial charge in [0.2, 0.25) is 0 Å². The first-order chi connectivity index (χ1) is 5.27. The molecule has 0 saturated heterocycles. The Morgan fingerprint density at radius 2 is 1.86 bits per heavy atom. The van der Waals surface area contributed by atoms with Crippen LogP contribution in [-0.4, -0.2) is 9.55 Å². The average molecular weight is 257 g/mol. The van der Waals surface area contributed by atoms with E-state index in [0.29, 0.717) is 0 Å². The Morgan fingerprint density at radius 1 is 1.21 bits per heavy atom. The Balaban J connectivity index is 0. The van der Waals surface area contributed by atoms with E-state index in [1.165, 1.54) is 0 Å². The summed E-state index contributed by atoms with van der Waals surface area (Å²) in [6.07, 6.45) is 1.78. The van der Waals surface area contributed by atoms with Gasteiger partial charge in [-0.15, -0.1) is 37.2 Å². The van der Waals surface area contributed by atoms with Crippen LogP contribution in [-0.2, 0) is 7.05 Å². The summed E-state index contributed by atoms with van der Waals surface area (Å²) in [6, 6.07) is 5.72. The number of aromatic nitrogens is 2. The number of imidazole rings is 1. The number of benzene rings is 1. The number of nitrogens with zero attached hydrogens (tertiary/aromatic N) is 2. The van der Waals surface area contributed by atoms with Crippen LogP contribution >= 0.6 is 37.2 Å². The molecule has 0 fully saturated rings. The quantitative estimate of drug-likeness (QED) is 0.736. The lowest BCUT2D eigenvalue weighted by Gasteiger charge is -1.94. The summed E-state index contributed by atoms with van der Waals surface area (Å²) >= 11 is 0. The topological polar surface area (TPSA) is 43.8 Å². The molecule has 0 spiro atoms. The molecule has 0 atom stereocenters. The lowest BCUT2D eigenvalue weighted by Crippen LogP contribution is -1.85. The Bertz CT molecular complexity index is 400. The number of aryl methyl sites for hydroxylation is 1. The highest BCUT2D eigenvalue weighted by molar-refractivity contribution is 5.86. The third kappa shape index (κ3) is 2.67. The number of rotatable bonds is 0. The van der Waals surface area contributed by atoms with Crippen molar-refractivity contribution in [2.24, 2.45) is 7.05 Å². The van der Waals surface area contributed by atoms with Gasteiger partial charge in [-0.05, 0) is 18.2 Å². The highest BCUT2D eigenvalue weighted by atomic mass is 35.5. The zero-order valence-corrected chi connectivity index (χ0v) is 9.96. The molecule has 2 N–H and O–H groups in total. The fraction of sp³-hybridized carbons (Fsp3) is 0.125. The van der Waals surface area contributed by atoms with E-state index >= 15 is 0 Å². The molecular weight excluding hydrogens is 244 g/mol. The first kappa shape index (κ1) is 15.8. The van der Waals surface area contributed by atoms with Crippen LogP contribution in [0.5, 0.6) is 0 Å². The molecule has 1 heterocycles. The highest BCUT2D eigenvalue weighted by Gasteiger charge is 1.97. The summed E-state index contributed by atoms with van der Waals surface area (Å²) in [7, 11) is 1.96. The monoisotopic (exact) mass is 255 g/mol. The molecule has 2 rings (SSSR count). The predicted octanol–water partition coefficient (Wildman–Crippen LogP) is 2.42. The van der Waals surface area contributed by atoms with E-state index in [9.17, 15) is 0 Å². The number of nitrogens with two attached hydrogens (primary N) is 1. The number of hydrogen-bond acceptors (Lipinski definition) is 2. The summed E-state index contributed by atoms with van der Waals surface area (Å²) in [4.78, 5) is 4.16. The van der Waals surface area contributed by atoms with Gasteiger partial charge in [0.25, 0.3) is 0 Å². The molecule has 3 nitrogen and oxygen atoms in total. The van der Waals surface area contributed by atoms with Gasteiger partial charge in [-0.2, -0.15) is 0 Å². The molecule has 0 aliphatic rings. The van der Waals surface area contributed by atoms with Gasteiger partial charge in [0.1, 0.15) is 0 Å². The summed E-state index contributed by atoms with van der Waals surface area (Å²) in [5.41, 5.74) is 8.41. The molecule has 0 radical (unpaired) electrons.